The molecule has 0 aliphatic rings. The Morgan fingerprint density at radius 1 is 1.46 bits per heavy atom. The minimum absolute atomic E-state index is 0.0374. The summed E-state index contributed by atoms with van der Waals surface area (Å²) in [5, 5.41) is 8.66. The molecule has 2 aromatic rings. The maximum atomic E-state index is 12.6. The SMILES string of the molecule is CC(CNC(=O)Nc1cc(C(F)(F)F)c[nH]c1=O)Cn1cccn1. The van der Waals surface area contributed by atoms with E-state index in [2.05, 4.69) is 15.7 Å². The number of rotatable bonds is 5. The first-order valence-corrected chi connectivity index (χ1v) is 7.08. The zero-order chi connectivity index (χ0) is 17.7. The predicted octanol–water partition coefficient (Wildman–Crippen LogP) is 2.05. The van der Waals surface area contributed by atoms with Crippen LogP contribution in [0.3, 0.4) is 0 Å². The van der Waals surface area contributed by atoms with Gasteiger partial charge in [0.15, 0.2) is 0 Å². The van der Waals surface area contributed by atoms with Crippen molar-refractivity contribution in [3.05, 3.63) is 46.6 Å². The molecule has 2 heterocycles. The van der Waals surface area contributed by atoms with Crippen molar-refractivity contribution in [3.63, 3.8) is 0 Å². The summed E-state index contributed by atoms with van der Waals surface area (Å²) < 4.78 is 39.5. The second kappa shape index (κ2) is 7.20. The fourth-order valence-electron chi connectivity index (χ4n) is 1.97. The highest BCUT2D eigenvalue weighted by Gasteiger charge is 2.31. The molecule has 7 nitrogen and oxygen atoms in total. The number of urea groups is 1. The highest BCUT2D eigenvalue weighted by atomic mass is 19.4. The van der Waals surface area contributed by atoms with E-state index < -0.39 is 29.0 Å². The maximum absolute atomic E-state index is 12.6. The van der Waals surface area contributed by atoms with Crippen molar-refractivity contribution in [2.45, 2.75) is 19.6 Å². The molecule has 0 saturated heterocycles. The Labute approximate surface area is 134 Å². The molecular formula is C14H16F3N5O2. The summed E-state index contributed by atoms with van der Waals surface area (Å²) in [6.45, 7) is 2.71. The number of anilines is 1. The topological polar surface area (TPSA) is 91.8 Å². The Balaban J connectivity index is 1.91. The van der Waals surface area contributed by atoms with E-state index in [0.717, 1.165) is 0 Å². The van der Waals surface area contributed by atoms with Crippen molar-refractivity contribution in [2.24, 2.45) is 5.92 Å². The number of aromatic nitrogens is 3. The summed E-state index contributed by atoms with van der Waals surface area (Å²) in [6, 6.07) is 1.60. The lowest BCUT2D eigenvalue weighted by molar-refractivity contribution is -0.137. The average Bonchev–Trinajstić information content (AvgIpc) is 2.99. The second-order valence-corrected chi connectivity index (χ2v) is 5.30. The van der Waals surface area contributed by atoms with Gasteiger partial charge in [0.1, 0.15) is 5.69 Å². The molecule has 2 rings (SSSR count). The molecule has 2 amide bonds. The molecule has 1 unspecified atom stereocenters. The van der Waals surface area contributed by atoms with E-state index >= 15 is 0 Å². The minimum Gasteiger partial charge on any atom is -0.338 e. The van der Waals surface area contributed by atoms with E-state index in [1.54, 1.807) is 23.1 Å². The molecule has 0 aliphatic heterocycles. The number of nitrogens with zero attached hydrogens (tertiary/aromatic N) is 2. The van der Waals surface area contributed by atoms with Gasteiger partial charge >= 0.3 is 12.2 Å². The van der Waals surface area contributed by atoms with Crippen LogP contribution in [-0.2, 0) is 12.7 Å². The number of pyridine rings is 1. The lowest BCUT2D eigenvalue weighted by Crippen LogP contribution is -2.35. The number of H-pyrrole nitrogens is 1. The molecule has 1 atom stereocenters. The van der Waals surface area contributed by atoms with Gasteiger partial charge in [-0.05, 0) is 18.1 Å². The molecule has 10 heteroatoms. The highest BCUT2D eigenvalue weighted by Crippen LogP contribution is 2.29. The third-order valence-corrected chi connectivity index (χ3v) is 3.15. The van der Waals surface area contributed by atoms with Crippen molar-refractivity contribution in [3.8, 4) is 0 Å². The first kappa shape index (κ1) is 17.6. The van der Waals surface area contributed by atoms with Crippen LogP contribution in [-0.4, -0.2) is 27.3 Å². The van der Waals surface area contributed by atoms with Crippen LogP contribution >= 0.6 is 0 Å². The molecule has 0 fully saturated rings. The van der Waals surface area contributed by atoms with Crippen molar-refractivity contribution in [2.75, 3.05) is 11.9 Å². The summed E-state index contributed by atoms with van der Waals surface area (Å²) in [7, 11) is 0. The van der Waals surface area contributed by atoms with Gasteiger partial charge in [-0.1, -0.05) is 6.92 Å². The van der Waals surface area contributed by atoms with Gasteiger partial charge in [-0.15, -0.1) is 0 Å². The van der Waals surface area contributed by atoms with Crippen LogP contribution in [0, 0.1) is 5.92 Å². The van der Waals surface area contributed by atoms with Crippen LogP contribution < -0.4 is 16.2 Å². The van der Waals surface area contributed by atoms with Crippen LogP contribution in [0.2, 0.25) is 0 Å². The Hall–Kier alpha value is -2.78. The number of carbonyl (C=O) groups excluding carboxylic acids is 1. The molecule has 3 N–H and O–H groups in total. The normalized spacial score (nSPS) is 12.7. The fourth-order valence-corrected chi connectivity index (χ4v) is 1.97. The number of carbonyl (C=O) groups is 1. The molecule has 0 spiro atoms. The van der Waals surface area contributed by atoms with E-state index in [0.29, 0.717) is 18.8 Å². The zero-order valence-electron chi connectivity index (χ0n) is 12.7. The predicted molar refractivity (Wildman–Crippen MR) is 80.5 cm³/mol. The van der Waals surface area contributed by atoms with Crippen LogP contribution in [0.4, 0.5) is 23.7 Å². The van der Waals surface area contributed by atoms with Crippen molar-refractivity contribution < 1.29 is 18.0 Å². The standard InChI is InChI=1S/C14H16F3N5O2/c1-9(8-22-4-2-3-20-22)6-19-13(24)21-11-5-10(14(15,16)17)7-18-12(11)23/h2-5,7,9H,6,8H2,1H3,(H,18,23)(H2,19,21,24). The second-order valence-electron chi connectivity index (χ2n) is 5.30. The third kappa shape index (κ3) is 4.86. The van der Waals surface area contributed by atoms with Crippen LogP contribution in [0.1, 0.15) is 12.5 Å². The van der Waals surface area contributed by atoms with Gasteiger partial charge in [0.25, 0.3) is 5.56 Å². The van der Waals surface area contributed by atoms with Gasteiger partial charge in [0.05, 0.1) is 5.56 Å². The Bertz CT molecular complexity index is 740. The summed E-state index contributed by atoms with van der Waals surface area (Å²) >= 11 is 0. The molecule has 24 heavy (non-hydrogen) atoms. The van der Waals surface area contributed by atoms with Gasteiger partial charge in [-0.2, -0.15) is 18.3 Å². The highest BCUT2D eigenvalue weighted by molar-refractivity contribution is 5.89. The van der Waals surface area contributed by atoms with E-state index in [9.17, 15) is 22.8 Å². The molecule has 0 aromatic carbocycles. The molecule has 2 aromatic heterocycles. The Morgan fingerprint density at radius 3 is 2.83 bits per heavy atom. The molecule has 0 saturated carbocycles. The van der Waals surface area contributed by atoms with Crippen molar-refractivity contribution >= 4 is 11.7 Å². The van der Waals surface area contributed by atoms with E-state index in [4.69, 9.17) is 0 Å². The van der Waals surface area contributed by atoms with Crippen molar-refractivity contribution in [1.82, 2.24) is 20.1 Å². The van der Waals surface area contributed by atoms with Gasteiger partial charge < -0.3 is 15.6 Å². The average molecular weight is 343 g/mol. The first-order chi connectivity index (χ1) is 11.3. The summed E-state index contributed by atoms with van der Waals surface area (Å²) in [6.07, 6.45) is -0.654. The van der Waals surface area contributed by atoms with Gasteiger partial charge in [0, 0.05) is 31.7 Å². The smallest absolute Gasteiger partial charge is 0.338 e. The lowest BCUT2D eigenvalue weighted by atomic mass is 10.2. The molecule has 130 valence electrons. The molecular weight excluding hydrogens is 327 g/mol. The number of hydrogen-bond acceptors (Lipinski definition) is 3. The van der Waals surface area contributed by atoms with Crippen molar-refractivity contribution in [1.29, 1.82) is 0 Å². The Morgan fingerprint density at radius 2 is 2.21 bits per heavy atom. The number of nitrogens with one attached hydrogen (secondary N) is 3. The molecule has 0 radical (unpaired) electrons. The summed E-state index contributed by atoms with van der Waals surface area (Å²) in [4.78, 5) is 25.2. The molecule has 0 aliphatic carbocycles. The van der Waals surface area contributed by atoms with Crippen LogP contribution in [0.5, 0.6) is 0 Å². The monoisotopic (exact) mass is 343 g/mol. The van der Waals surface area contributed by atoms with E-state index in [1.807, 2.05) is 11.9 Å². The van der Waals surface area contributed by atoms with Gasteiger partial charge in [-0.3, -0.25) is 9.48 Å². The largest absolute Gasteiger partial charge is 0.417 e. The van der Waals surface area contributed by atoms with E-state index in [-0.39, 0.29) is 12.5 Å². The van der Waals surface area contributed by atoms with Crippen LogP contribution in [0.15, 0.2) is 35.5 Å². The number of amides is 2. The van der Waals surface area contributed by atoms with E-state index in [1.165, 1.54) is 0 Å². The summed E-state index contributed by atoms with van der Waals surface area (Å²) in [5.41, 5.74) is -2.34. The minimum atomic E-state index is -4.62. The number of halogens is 3. The number of hydrogen-bond donors (Lipinski definition) is 3. The zero-order valence-corrected chi connectivity index (χ0v) is 12.7. The summed E-state index contributed by atoms with van der Waals surface area (Å²) in [5.74, 6) is 0.0374. The quantitative estimate of drug-likeness (QED) is 0.776. The number of aromatic amines is 1. The lowest BCUT2D eigenvalue weighted by Gasteiger charge is -2.14. The fraction of sp³-hybridized carbons (Fsp3) is 0.357. The van der Waals surface area contributed by atoms with Gasteiger partial charge in [-0.25, -0.2) is 4.79 Å². The Kier molecular flexibility index (Phi) is 5.27. The van der Waals surface area contributed by atoms with Crippen LogP contribution in [0.25, 0.3) is 0 Å². The van der Waals surface area contributed by atoms with Gasteiger partial charge in [0.2, 0.25) is 0 Å². The molecule has 0 bridgehead atoms. The third-order valence-electron chi connectivity index (χ3n) is 3.15. The first-order valence-electron chi connectivity index (χ1n) is 7.08. The number of alkyl halides is 3. The maximum Gasteiger partial charge on any atom is 0.417 e.